The number of aliphatic hydroxyl groups excluding tert-OH is 8. The Kier molecular flexibility index (Phi) is 12.5. The van der Waals surface area contributed by atoms with Crippen LogP contribution in [0.15, 0.2) is 11.6 Å². The molecule has 2 saturated heterocycles. The Morgan fingerprint density at radius 1 is 0.727 bits per heavy atom. The Morgan fingerprint density at radius 3 is 1.95 bits per heavy atom. The van der Waals surface area contributed by atoms with E-state index in [2.05, 4.69) is 54.5 Å². The molecule has 6 rings (SSSR count). The molecule has 6 fully saturated rings. The molecule has 13 nitrogen and oxygen atoms in total. The van der Waals surface area contributed by atoms with Gasteiger partial charge in [-0.15, -0.1) is 0 Å². The lowest BCUT2D eigenvalue weighted by atomic mass is 9.35. The van der Waals surface area contributed by atoms with Crippen molar-refractivity contribution in [2.45, 2.75) is 192 Å². The average molecular weight is 785 g/mol. The Bertz CT molecular complexity index is 1370. The van der Waals surface area contributed by atoms with Crippen molar-refractivity contribution in [3.8, 4) is 0 Å². The minimum Gasteiger partial charge on any atom is -0.394 e. The van der Waals surface area contributed by atoms with Crippen molar-refractivity contribution in [1.82, 2.24) is 0 Å². The first-order valence-corrected chi connectivity index (χ1v) is 20.9. The first kappa shape index (κ1) is 43.8. The van der Waals surface area contributed by atoms with Gasteiger partial charge >= 0.3 is 0 Å². The quantitative estimate of drug-likeness (QED) is 0.115. The molecule has 20 atom stereocenters. The third-order valence-corrected chi connectivity index (χ3v) is 16.6. The highest BCUT2D eigenvalue weighted by Crippen LogP contribution is 2.76. The number of rotatable bonds is 10. The van der Waals surface area contributed by atoms with Gasteiger partial charge in [-0.2, -0.15) is 0 Å². The first-order valence-electron chi connectivity index (χ1n) is 20.9. The third kappa shape index (κ3) is 7.20. The second kappa shape index (κ2) is 15.7. The summed E-state index contributed by atoms with van der Waals surface area (Å²) in [5, 5.41) is 97.4. The number of allylic oxidation sites excluding steroid dienone is 2. The lowest BCUT2D eigenvalue weighted by Gasteiger charge is -2.70. The highest BCUT2D eigenvalue weighted by Gasteiger charge is 2.71. The predicted molar refractivity (Wildman–Crippen MR) is 201 cm³/mol. The van der Waals surface area contributed by atoms with E-state index in [1.807, 2.05) is 6.92 Å². The van der Waals surface area contributed by atoms with Gasteiger partial charge < -0.3 is 64.9 Å². The van der Waals surface area contributed by atoms with Gasteiger partial charge in [-0.1, -0.05) is 46.3 Å². The molecule has 9 N–H and O–H groups in total. The Morgan fingerprint density at radius 2 is 1.33 bits per heavy atom. The average Bonchev–Trinajstić information content (AvgIpc) is 3.50. The van der Waals surface area contributed by atoms with Gasteiger partial charge in [-0.05, 0) is 124 Å². The van der Waals surface area contributed by atoms with Crippen LogP contribution in [0.1, 0.15) is 113 Å². The number of ether oxygens (including phenoxy) is 4. The molecule has 2 aliphatic heterocycles. The van der Waals surface area contributed by atoms with Crippen LogP contribution in [0.3, 0.4) is 0 Å². The van der Waals surface area contributed by atoms with Crippen molar-refractivity contribution in [3.63, 3.8) is 0 Å². The van der Waals surface area contributed by atoms with Gasteiger partial charge in [0.1, 0.15) is 48.8 Å². The molecule has 0 aromatic carbocycles. The first-order chi connectivity index (χ1) is 25.6. The molecular weight excluding hydrogens is 712 g/mol. The number of fused-ring (bicyclic) bond motifs is 5. The molecule has 0 bridgehead atoms. The van der Waals surface area contributed by atoms with E-state index in [1.54, 1.807) is 0 Å². The predicted octanol–water partition coefficient (Wildman–Crippen LogP) is 2.15. The van der Waals surface area contributed by atoms with Crippen LogP contribution in [-0.2, 0) is 18.9 Å². The zero-order valence-corrected chi connectivity index (χ0v) is 34.3. The zero-order chi connectivity index (χ0) is 40.6. The van der Waals surface area contributed by atoms with Gasteiger partial charge in [0.05, 0.1) is 31.0 Å². The minimum atomic E-state index is -1.75. The van der Waals surface area contributed by atoms with Crippen LogP contribution in [0.4, 0.5) is 0 Å². The van der Waals surface area contributed by atoms with Gasteiger partial charge in [0, 0.05) is 0 Å². The SMILES string of the molecule is CC(C)=CCC[C@](C)(O)[C@@H]1CC[C@]2(C)[C@@H]1[C@H](O)C[C@@H]1[C@@]3(C)CC[C@H](O[C@@H]4O[C@H](CO)[C@@H](O)[C@H](O)[C@H]4O[C@@H]4O[C@H](CO)[C@@H](O)[C@H](O)[C@H]4O)C(C)(C)[C@H]3CC[C@]12C. The maximum atomic E-state index is 12.2. The lowest BCUT2D eigenvalue weighted by molar-refractivity contribution is -0.378. The molecule has 0 radical (unpaired) electrons. The topological polar surface area (TPSA) is 219 Å². The smallest absolute Gasteiger partial charge is 0.187 e. The molecule has 4 aliphatic carbocycles. The van der Waals surface area contributed by atoms with E-state index < -0.39 is 97.8 Å². The van der Waals surface area contributed by atoms with Crippen LogP contribution in [0.2, 0.25) is 0 Å². The molecule has 6 aliphatic rings. The Hall–Kier alpha value is -0.780. The van der Waals surface area contributed by atoms with E-state index in [1.165, 1.54) is 5.57 Å². The van der Waals surface area contributed by atoms with Crippen LogP contribution >= 0.6 is 0 Å². The molecule has 0 spiro atoms. The molecule has 0 unspecified atom stereocenters. The van der Waals surface area contributed by atoms with Crippen LogP contribution in [0.5, 0.6) is 0 Å². The largest absolute Gasteiger partial charge is 0.394 e. The molecule has 13 heteroatoms. The van der Waals surface area contributed by atoms with E-state index in [-0.39, 0.29) is 39.9 Å². The van der Waals surface area contributed by atoms with Crippen molar-refractivity contribution in [1.29, 1.82) is 0 Å². The summed E-state index contributed by atoms with van der Waals surface area (Å²) in [6.07, 6.45) is -6.48. The fourth-order valence-corrected chi connectivity index (χ4v) is 13.3. The molecule has 0 amide bonds. The van der Waals surface area contributed by atoms with Crippen LogP contribution in [-0.4, -0.2) is 138 Å². The summed E-state index contributed by atoms with van der Waals surface area (Å²) in [5.74, 6) is 0.445. The molecule has 318 valence electrons. The minimum absolute atomic E-state index is 0.00798. The summed E-state index contributed by atoms with van der Waals surface area (Å²) < 4.78 is 24.4. The second-order valence-corrected chi connectivity index (χ2v) is 20.1. The molecule has 0 aromatic rings. The molecule has 0 aromatic heterocycles. The van der Waals surface area contributed by atoms with Crippen molar-refractivity contribution in [2.75, 3.05) is 13.2 Å². The molecule has 4 saturated carbocycles. The van der Waals surface area contributed by atoms with Gasteiger partial charge in [0.2, 0.25) is 0 Å². The Labute approximate surface area is 327 Å². The lowest BCUT2D eigenvalue weighted by Crippen LogP contribution is -2.68. The van der Waals surface area contributed by atoms with E-state index in [4.69, 9.17) is 18.9 Å². The summed E-state index contributed by atoms with van der Waals surface area (Å²) >= 11 is 0. The summed E-state index contributed by atoms with van der Waals surface area (Å²) in [6.45, 7) is 16.5. The van der Waals surface area contributed by atoms with Crippen LogP contribution in [0, 0.1) is 45.3 Å². The van der Waals surface area contributed by atoms with E-state index >= 15 is 0 Å². The van der Waals surface area contributed by atoms with Gasteiger partial charge in [-0.3, -0.25) is 0 Å². The standard InChI is InChI=1S/C42H72O13/c1-21(2)10-9-14-42(8,51)22-11-16-41(7)29(22)23(45)18-27-39(5)15-13-28(38(3,4)26(39)12-17-40(27,41)6)54-37-35(33(49)31(47)25(20-44)53-37)55-36-34(50)32(48)30(46)24(19-43)52-36/h10,22-37,43-51H,9,11-20H2,1-8H3/t22-,23-,24-,25-,26-,27-,28+,29+,30-,31-,32+,33+,34-,35-,36+,37+,39+,40-,41-,42+/m1/s1. The molecular formula is C42H72O13. The highest BCUT2D eigenvalue weighted by molar-refractivity contribution is 5.20. The van der Waals surface area contributed by atoms with Crippen molar-refractivity contribution in [2.24, 2.45) is 45.3 Å². The summed E-state index contributed by atoms with van der Waals surface area (Å²) in [5.41, 5.74) is -0.405. The monoisotopic (exact) mass is 784 g/mol. The van der Waals surface area contributed by atoms with Crippen molar-refractivity contribution >= 4 is 0 Å². The molecule has 55 heavy (non-hydrogen) atoms. The fourth-order valence-electron chi connectivity index (χ4n) is 13.3. The maximum absolute atomic E-state index is 12.2. The molecule has 2 heterocycles. The second-order valence-electron chi connectivity index (χ2n) is 20.1. The van der Waals surface area contributed by atoms with E-state index in [0.29, 0.717) is 19.3 Å². The number of hydrogen-bond acceptors (Lipinski definition) is 13. The third-order valence-electron chi connectivity index (χ3n) is 16.6. The van der Waals surface area contributed by atoms with Gasteiger partial charge in [0.15, 0.2) is 12.6 Å². The van der Waals surface area contributed by atoms with E-state index in [9.17, 15) is 46.0 Å². The van der Waals surface area contributed by atoms with Gasteiger partial charge in [-0.25, -0.2) is 0 Å². The summed E-state index contributed by atoms with van der Waals surface area (Å²) in [4.78, 5) is 0. The highest BCUT2D eigenvalue weighted by atomic mass is 16.8. The van der Waals surface area contributed by atoms with Crippen molar-refractivity contribution < 1.29 is 64.9 Å². The normalized spacial score (nSPS) is 52.0. The summed E-state index contributed by atoms with van der Waals surface area (Å²) in [6, 6.07) is 0. The van der Waals surface area contributed by atoms with Crippen LogP contribution in [0.25, 0.3) is 0 Å². The van der Waals surface area contributed by atoms with Gasteiger partial charge in [0.25, 0.3) is 0 Å². The number of hydrogen-bond donors (Lipinski definition) is 9. The zero-order valence-electron chi connectivity index (χ0n) is 34.3. The Balaban J connectivity index is 1.23. The van der Waals surface area contributed by atoms with Crippen LogP contribution < -0.4 is 0 Å². The summed E-state index contributed by atoms with van der Waals surface area (Å²) in [7, 11) is 0. The fraction of sp³-hybridized carbons (Fsp3) is 0.952. The van der Waals surface area contributed by atoms with Crippen molar-refractivity contribution in [3.05, 3.63) is 11.6 Å². The number of aliphatic hydroxyl groups is 9. The maximum Gasteiger partial charge on any atom is 0.187 e. The van der Waals surface area contributed by atoms with E-state index in [0.717, 1.165) is 38.5 Å².